The highest BCUT2D eigenvalue weighted by Crippen LogP contribution is 2.09. The van der Waals surface area contributed by atoms with Gasteiger partial charge in [0.05, 0.1) is 6.10 Å². The largest absolute Gasteiger partial charge is 0.508 e. The predicted octanol–water partition coefficient (Wildman–Crippen LogP) is 0.893. The molecule has 0 aromatic heterocycles. The van der Waals surface area contributed by atoms with Gasteiger partial charge in [-0.05, 0) is 37.6 Å². The molecule has 3 N–H and O–H groups in total. The van der Waals surface area contributed by atoms with Crippen molar-refractivity contribution in [3.05, 3.63) is 29.8 Å². The van der Waals surface area contributed by atoms with E-state index in [4.69, 9.17) is 10.2 Å². The van der Waals surface area contributed by atoms with Crippen LogP contribution >= 0.6 is 0 Å². The van der Waals surface area contributed by atoms with Gasteiger partial charge < -0.3 is 15.5 Å². The first-order valence-electron chi connectivity index (χ1n) is 4.85. The van der Waals surface area contributed by atoms with Gasteiger partial charge in [-0.2, -0.15) is 0 Å². The van der Waals surface area contributed by atoms with Crippen LogP contribution in [0, 0.1) is 0 Å². The summed E-state index contributed by atoms with van der Waals surface area (Å²) in [6.45, 7) is 2.12. The zero-order valence-electron chi connectivity index (χ0n) is 8.60. The van der Waals surface area contributed by atoms with E-state index in [-0.39, 0.29) is 11.7 Å². The summed E-state index contributed by atoms with van der Waals surface area (Å²) in [5.74, 6) is -0.0637. The number of hydrogen-bond donors (Lipinski definition) is 3. The quantitative estimate of drug-likeness (QED) is 0.689. The topological polar surface area (TPSA) is 69.6 Å². The number of carbonyl (C=O) groups is 1. The van der Waals surface area contributed by atoms with Crippen molar-refractivity contribution in [1.29, 1.82) is 0 Å². The Morgan fingerprint density at radius 3 is 2.53 bits per heavy atom. The second-order valence-corrected chi connectivity index (χ2v) is 3.44. The number of aliphatic hydroxyl groups is 1. The number of hydrogen-bond acceptors (Lipinski definition) is 3. The fourth-order valence-corrected chi connectivity index (χ4v) is 1.11. The molecule has 0 saturated carbocycles. The van der Waals surface area contributed by atoms with Gasteiger partial charge in [-0.3, -0.25) is 4.79 Å². The molecule has 0 saturated heterocycles. The minimum absolute atomic E-state index is 0.135. The number of carbonyl (C=O) groups excluding carboxylic acids is 1. The molecule has 1 unspecified atom stereocenters. The van der Waals surface area contributed by atoms with E-state index in [1.807, 2.05) is 0 Å². The standard InChI is InChI=1S/C11H15NO3/c1-8(13)6-7-12-11(15)9-2-4-10(14)5-3-9/h2-5,8,13-14H,6-7H2,1H3,(H,12,15). The molecular weight excluding hydrogens is 194 g/mol. The molecule has 1 aromatic carbocycles. The second kappa shape index (κ2) is 5.36. The summed E-state index contributed by atoms with van der Waals surface area (Å²) < 4.78 is 0. The zero-order chi connectivity index (χ0) is 11.3. The molecule has 0 aliphatic heterocycles. The second-order valence-electron chi connectivity index (χ2n) is 3.44. The van der Waals surface area contributed by atoms with E-state index in [2.05, 4.69) is 5.32 Å². The summed E-state index contributed by atoms with van der Waals surface area (Å²) in [5.41, 5.74) is 0.499. The normalized spacial score (nSPS) is 12.1. The third-order valence-electron chi connectivity index (χ3n) is 1.98. The SMILES string of the molecule is CC(O)CCNC(=O)c1ccc(O)cc1. The van der Waals surface area contributed by atoms with E-state index in [1.54, 1.807) is 19.1 Å². The first kappa shape index (κ1) is 11.5. The predicted molar refractivity (Wildman–Crippen MR) is 56.7 cm³/mol. The van der Waals surface area contributed by atoms with Crippen LogP contribution in [0.1, 0.15) is 23.7 Å². The van der Waals surface area contributed by atoms with Gasteiger partial charge in [-0.15, -0.1) is 0 Å². The lowest BCUT2D eigenvalue weighted by Crippen LogP contribution is -2.26. The molecule has 1 amide bonds. The molecule has 15 heavy (non-hydrogen) atoms. The molecule has 4 heteroatoms. The smallest absolute Gasteiger partial charge is 0.251 e. The van der Waals surface area contributed by atoms with Gasteiger partial charge in [0, 0.05) is 12.1 Å². The Balaban J connectivity index is 2.43. The van der Waals surface area contributed by atoms with Crippen molar-refractivity contribution >= 4 is 5.91 Å². The Kier molecular flexibility index (Phi) is 4.12. The summed E-state index contributed by atoms with van der Waals surface area (Å²) in [7, 11) is 0. The van der Waals surface area contributed by atoms with Crippen LogP contribution in [-0.2, 0) is 0 Å². The number of phenols is 1. The van der Waals surface area contributed by atoms with Crippen molar-refractivity contribution < 1.29 is 15.0 Å². The minimum atomic E-state index is -0.412. The molecule has 4 nitrogen and oxygen atoms in total. The lowest BCUT2D eigenvalue weighted by Gasteiger charge is -2.06. The Bertz CT molecular complexity index is 319. The summed E-state index contributed by atoms with van der Waals surface area (Å²) in [6, 6.07) is 6.02. The Morgan fingerprint density at radius 2 is 2.00 bits per heavy atom. The molecule has 0 aliphatic rings. The number of phenolic OH excluding ortho intramolecular Hbond substituents is 1. The Morgan fingerprint density at radius 1 is 1.40 bits per heavy atom. The van der Waals surface area contributed by atoms with Crippen molar-refractivity contribution in [3.8, 4) is 5.75 Å². The highest BCUT2D eigenvalue weighted by molar-refractivity contribution is 5.94. The average Bonchev–Trinajstić information content (AvgIpc) is 2.18. The van der Waals surface area contributed by atoms with Gasteiger partial charge in [0.1, 0.15) is 5.75 Å². The fraction of sp³-hybridized carbons (Fsp3) is 0.364. The number of rotatable bonds is 4. The van der Waals surface area contributed by atoms with Gasteiger partial charge in [-0.25, -0.2) is 0 Å². The third kappa shape index (κ3) is 3.99. The number of benzene rings is 1. The molecule has 0 spiro atoms. The van der Waals surface area contributed by atoms with Crippen molar-refractivity contribution in [3.63, 3.8) is 0 Å². The van der Waals surface area contributed by atoms with Gasteiger partial charge in [-0.1, -0.05) is 0 Å². The van der Waals surface area contributed by atoms with E-state index in [9.17, 15) is 4.79 Å². The fourth-order valence-electron chi connectivity index (χ4n) is 1.11. The van der Waals surface area contributed by atoms with Crippen LogP contribution < -0.4 is 5.32 Å². The number of amides is 1. The highest BCUT2D eigenvalue weighted by Gasteiger charge is 2.04. The number of aromatic hydroxyl groups is 1. The van der Waals surface area contributed by atoms with Gasteiger partial charge in [0.2, 0.25) is 0 Å². The average molecular weight is 209 g/mol. The summed E-state index contributed by atoms with van der Waals surface area (Å²) in [6.07, 6.45) is 0.120. The zero-order valence-corrected chi connectivity index (χ0v) is 8.60. The van der Waals surface area contributed by atoms with E-state index in [1.165, 1.54) is 12.1 Å². The van der Waals surface area contributed by atoms with Crippen molar-refractivity contribution in [1.82, 2.24) is 5.32 Å². The molecule has 1 atom stereocenters. The first-order chi connectivity index (χ1) is 7.09. The highest BCUT2D eigenvalue weighted by atomic mass is 16.3. The van der Waals surface area contributed by atoms with Crippen LogP contribution in [0.15, 0.2) is 24.3 Å². The van der Waals surface area contributed by atoms with Crippen molar-refractivity contribution in [2.24, 2.45) is 0 Å². The summed E-state index contributed by atoms with van der Waals surface area (Å²) in [5, 5.41) is 20.7. The van der Waals surface area contributed by atoms with Crippen LogP contribution in [0.5, 0.6) is 5.75 Å². The lowest BCUT2D eigenvalue weighted by atomic mass is 10.2. The van der Waals surface area contributed by atoms with E-state index in [0.29, 0.717) is 18.5 Å². The monoisotopic (exact) mass is 209 g/mol. The molecule has 0 heterocycles. The Hall–Kier alpha value is -1.55. The first-order valence-corrected chi connectivity index (χ1v) is 4.85. The van der Waals surface area contributed by atoms with Gasteiger partial charge in [0.15, 0.2) is 0 Å². The van der Waals surface area contributed by atoms with Crippen molar-refractivity contribution in [2.45, 2.75) is 19.4 Å². The molecular formula is C11H15NO3. The van der Waals surface area contributed by atoms with Crippen LogP contribution in [0.4, 0.5) is 0 Å². The van der Waals surface area contributed by atoms with E-state index >= 15 is 0 Å². The van der Waals surface area contributed by atoms with E-state index < -0.39 is 6.10 Å². The Labute approximate surface area is 88.6 Å². The summed E-state index contributed by atoms with van der Waals surface area (Å²) >= 11 is 0. The third-order valence-corrected chi connectivity index (χ3v) is 1.98. The maximum atomic E-state index is 11.5. The summed E-state index contributed by atoms with van der Waals surface area (Å²) in [4.78, 5) is 11.5. The molecule has 0 bridgehead atoms. The molecule has 1 rings (SSSR count). The van der Waals surface area contributed by atoms with Crippen molar-refractivity contribution in [2.75, 3.05) is 6.54 Å². The van der Waals surface area contributed by atoms with Crippen LogP contribution in [0.2, 0.25) is 0 Å². The van der Waals surface area contributed by atoms with Crippen LogP contribution in [0.3, 0.4) is 0 Å². The maximum Gasteiger partial charge on any atom is 0.251 e. The molecule has 82 valence electrons. The van der Waals surface area contributed by atoms with Gasteiger partial charge >= 0.3 is 0 Å². The molecule has 0 fully saturated rings. The molecule has 0 radical (unpaired) electrons. The van der Waals surface area contributed by atoms with Crippen LogP contribution in [-0.4, -0.2) is 28.8 Å². The van der Waals surface area contributed by atoms with Crippen LogP contribution in [0.25, 0.3) is 0 Å². The minimum Gasteiger partial charge on any atom is -0.508 e. The number of aliphatic hydroxyl groups excluding tert-OH is 1. The lowest BCUT2D eigenvalue weighted by molar-refractivity contribution is 0.0945. The number of nitrogens with one attached hydrogen (secondary N) is 1. The maximum absolute atomic E-state index is 11.5. The molecule has 0 aliphatic carbocycles. The van der Waals surface area contributed by atoms with Gasteiger partial charge in [0.25, 0.3) is 5.91 Å². The van der Waals surface area contributed by atoms with E-state index in [0.717, 1.165) is 0 Å². The molecule has 1 aromatic rings.